The van der Waals surface area contributed by atoms with Gasteiger partial charge in [0.05, 0.1) is 23.8 Å². The van der Waals surface area contributed by atoms with E-state index in [9.17, 15) is 0 Å². The topological polar surface area (TPSA) is 32.3 Å². The SMILES string of the molecule is CC1(C)c2cc(C=Cc3ccc4c(c3)C(C)(C)c3cc(N(c5cccnc5)c5ccc6ccccc6c5)ccc3-4)ccc2-c2ccc(C=Cc3ccc4c(c3)C(C)(C)c3cc(N(c5cccnc5)c5ccc6ccccc6c5)ccc3-4)cc21. The summed E-state index contributed by atoms with van der Waals surface area (Å²) in [6, 6.07) is 80.8. The average Bonchev–Trinajstić information content (AvgIpc) is 4.02. The maximum atomic E-state index is 4.53. The van der Waals surface area contributed by atoms with Crippen molar-refractivity contribution in [3.8, 4) is 33.4 Å². The molecule has 3 aliphatic carbocycles. The summed E-state index contributed by atoms with van der Waals surface area (Å²) >= 11 is 0. The lowest BCUT2D eigenvalue weighted by molar-refractivity contribution is 0.660. The molecule has 0 radical (unpaired) electrons. The zero-order valence-corrected chi connectivity index (χ0v) is 47.7. The molecule has 0 amide bonds. The van der Waals surface area contributed by atoms with E-state index in [4.69, 9.17) is 0 Å². The summed E-state index contributed by atoms with van der Waals surface area (Å²) in [6.45, 7) is 14.2. The van der Waals surface area contributed by atoms with Gasteiger partial charge in [0.1, 0.15) is 0 Å². The number of hydrogen-bond donors (Lipinski definition) is 0. The third kappa shape index (κ3) is 8.34. The fourth-order valence-corrected chi connectivity index (χ4v) is 13.8. The zero-order valence-electron chi connectivity index (χ0n) is 47.7. The Balaban J connectivity index is 0.665. The highest BCUT2D eigenvalue weighted by Gasteiger charge is 2.39. The minimum atomic E-state index is -0.202. The number of fused-ring (bicyclic) bond motifs is 11. The minimum absolute atomic E-state index is 0.162. The smallest absolute Gasteiger partial charge is 0.0644 e. The van der Waals surface area contributed by atoms with Crippen LogP contribution in [-0.4, -0.2) is 9.97 Å². The van der Waals surface area contributed by atoms with Crippen molar-refractivity contribution in [2.75, 3.05) is 9.80 Å². The summed E-state index contributed by atoms with van der Waals surface area (Å²) in [5, 5.41) is 4.87. The van der Waals surface area contributed by atoms with Gasteiger partial charge in [-0.1, -0.05) is 211 Å². The van der Waals surface area contributed by atoms with Crippen LogP contribution < -0.4 is 9.80 Å². The predicted molar refractivity (Wildman–Crippen MR) is 350 cm³/mol. The number of benzene rings is 10. The molecule has 12 aromatic rings. The van der Waals surface area contributed by atoms with Gasteiger partial charge >= 0.3 is 0 Å². The quantitative estimate of drug-likeness (QED) is 0.128. The molecular weight excluding hydrogens is 1000 g/mol. The fourth-order valence-electron chi connectivity index (χ4n) is 13.8. The highest BCUT2D eigenvalue weighted by Crippen LogP contribution is 2.54. The van der Waals surface area contributed by atoms with E-state index in [1.54, 1.807) is 0 Å². The highest BCUT2D eigenvalue weighted by molar-refractivity contribution is 5.94. The molecule has 0 spiro atoms. The summed E-state index contributed by atoms with van der Waals surface area (Å²) < 4.78 is 0. The normalized spacial score (nSPS) is 14.6. The van der Waals surface area contributed by atoms with Crippen LogP contribution in [0, 0.1) is 0 Å². The Kier molecular flexibility index (Phi) is 11.5. The van der Waals surface area contributed by atoms with Crippen molar-refractivity contribution in [3.63, 3.8) is 0 Å². The van der Waals surface area contributed by atoms with Gasteiger partial charge in [0.2, 0.25) is 0 Å². The van der Waals surface area contributed by atoms with Crippen molar-refractivity contribution in [2.24, 2.45) is 0 Å². The Labute approximate surface area is 487 Å². The molecule has 0 atom stereocenters. The van der Waals surface area contributed by atoms with Crippen LogP contribution >= 0.6 is 0 Å². The maximum Gasteiger partial charge on any atom is 0.0644 e. The molecule has 398 valence electrons. The van der Waals surface area contributed by atoms with Gasteiger partial charge in [-0.15, -0.1) is 0 Å². The van der Waals surface area contributed by atoms with Crippen LogP contribution in [-0.2, 0) is 16.2 Å². The molecule has 10 aromatic carbocycles. The summed E-state index contributed by atoms with van der Waals surface area (Å²) in [5.41, 5.74) is 26.7. The van der Waals surface area contributed by atoms with Crippen LogP contribution in [0.3, 0.4) is 0 Å². The maximum absolute atomic E-state index is 4.53. The van der Waals surface area contributed by atoms with Gasteiger partial charge < -0.3 is 9.80 Å². The Bertz CT molecular complexity index is 4360. The molecule has 0 saturated carbocycles. The molecule has 4 heteroatoms. The molecule has 0 fully saturated rings. The Morgan fingerprint density at radius 3 is 0.880 bits per heavy atom. The summed E-state index contributed by atoms with van der Waals surface area (Å²) in [5.74, 6) is 0. The van der Waals surface area contributed by atoms with Crippen LogP contribution in [0.25, 0.3) is 79.2 Å². The van der Waals surface area contributed by atoms with E-state index in [0.717, 1.165) is 34.1 Å². The standard InChI is InChI=1S/C79H62N4/c1-77(2)71-41-51(19-21-53-25-35-67-69-37-31-61(47-75(69)78(3,4)73(67)43-53)82(63-17-11-39-80-49-63)59-29-27-55-13-7-9-15-57(55)45-59)23-33-65(71)66-34-24-52(42-72(66)77)20-22-54-26-36-68-70-38-32-62(48-76(70)79(5,6)74(68)44-54)83(64-18-12-40-81-50-64)60-30-28-56-14-8-10-16-58(56)46-60/h7-50H,1-6H3. The number of anilines is 6. The molecule has 15 rings (SSSR count). The van der Waals surface area contributed by atoms with Gasteiger partial charge in [0.25, 0.3) is 0 Å². The lowest BCUT2D eigenvalue weighted by atomic mass is 9.81. The second-order valence-corrected chi connectivity index (χ2v) is 24.4. The second-order valence-electron chi connectivity index (χ2n) is 24.4. The number of nitrogens with zero attached hydrogens (tertiary/aromatic N) is 4. The monoisotopic (exact) mass is 1070 g/mol. The number of aromatic nitrogens is 2. The zero-order chi connectivity index (χ0) is 56.2. The molecule has 0 aliphatic heterocycles. The van der Waals surface area contributed by atoms with Gasteiger partial charge in [-0.05, 0) is 183 Å². The van der Waals surface area contributed by atoms with Crippen molar-refractivity contribution < 1.29 is 0 Å². The third-order valence-corrected chi connectivity index (χ3v) is 18.3. The van der Waals surface area contributed by atoms with Gasteiger partial charge in [-0.25, -0.2) is 0 Å². The van der Waals surface area contributed by atoms with E-state index in [0.29, 0.717) is 0 Å². The third-order valence-electron chi connectivity index (χ3n) is 18.3. The summed E-state index contributed by atoms with van der Waals surface area (Å²) in [7, 11) is 0. The van der Waals surface area contributed by atoms with E-state index in [1.165, 1.54) is 111 Å². The molecule has 0 saturated heterocycles. The first kappa shape index (κ1) is 50.1. The molecule has 3 aliphatic rings. The summed E-state index contributed by atoms with van der Waals surface area (Å²) in [6.07, 6.45) is 16.7. The van der Waals surface area contributed by atoms with E-state index in [-0.39, 0.29) is 16.2 Å². The van der Waals surface area contributed by atoms with Crippen molar-refractivity contribution in [2.45, 2.75) is 57.8 Å². The van der Waals surface area contributed by atoms with Crippen molar-refractivity contribution in [3.05, 3.63) is 299 Å². The number of rotatable bonds is 10. The van der Waals surface area contributed by atoms with Crippen molar-refractivity contribution >= 4 is 80.0 Å². The molecule has 0 unspecified atom stereocenters. The minimum Gasteiger partial charge on any atom is -0.309 e. The molecular formula is C79H62N4. The number of hydrogen-bond acceptors (Lipinski definition) is 4. The van der Waals surface area contributed by atoms with E-state index >= 15 is 0 Å². The molecule has 4 nitrogen and oxygen atoms in total. The highest BCUT2D eigenvalue weighted by atomic mass is 15.2. The van der Waals surface area contributed by atoms with Crippen molar-refractivity contribution in [1.29, 1.82) is 0 Å². The van der Waals surface area contributed by atoms with Gasteiger partial charge in [-0.3, -0.25) is 9.97 Å². The first-order valence-corrected chi connectivity index (χ1v) is 29.0. The van der Waals surface area contributed by atoms with E-state index in [2.05, 4.69) is 292 Å². The van der Waals surface area contributed by atoms with Crippen LogP contribution in [0.4, 0.5) is 34.1 Å². The second kappa shape index (κ2) is 19.1. The Morgan fingerprint density at radius 1 is 0.265 bits per heavy atom. The molecule has 0 N–H and O–H groups in total. The van der Waals surface area contributed by atoms with Crippen LogP contribution in [0.5, 0.6) is 0 Å². The first-order chi connectivity index (χ1) is 40.4. The molecule has 0 bridgehead atoms. The lowest BCUT2D eigenvalue weighted by Gasteiger charge is -2.28. The molecule has 83 heavy (non-hydrogen) atoms. The molecule has 2 aromatic heterocycles. The fraction of sp³-hybridized carbons (Fsp3) is 0.114. The van der Waals surface area contributed by atoms with Crippen LogP contribution in [0.2, 0.25) is 0 Å². The Morgan fingerprint density at radius 2 is 0.554 bits per heavy atom. The largest absolute Gasteiger partial charge is 0.309 e. The van der Waals surface area contributed by atoms with Gasteiger partial charge in [0, 0.05) is 51.4 Å². The van der Waals surface area contributed by atoms with E-state index in [1.807, 2.05) is 36.9 Å². The average molecular weight is 1070 g/mol. The van der Waals surface area contributed by atoms with Gasteiger partial charge in [-0.2, -0.15) is 0 Å². The number of pyridine rings is 2. The van der Waals surface area contributed by atoms with Crippen molar-refractivity contribution in [1.82, 2.24) is 9.97 Å². The molecule has 2 heterocycles. The predicted octanol–water partition coefficient (Wildman–Crippen LogP) is 21.0. The van der Waals surface area contributed by atoms with Gasteiger partial charge in [0.15, 0.2) is 0 Å². The summed E-state index contributed by atoms with van der Waals surface area (Å²) in [4.78, 5) is 13.7. The van der Waals surface area contributed by atoms with E-state index < -0.39 is 0 Å². The van der Waals surface area contributed by atoms with Crippen LogP contribution in [0.15, 0.2) is 243 Å². The first-order valence-electron chi connectivity index (χ1n) is 29.0. The van der Waals surface area contributed by atoms with Crippen LogP contribution in [0.1, 0.15) is 97.2 Å². The lowest BCUT2D eigenvalue weighted by Crippen LogP contribution is -2.16. The Hall–Kier alpha value is -9.90.